The molecule has 1 aromatic heterocycles. The van der Waals surface area contributed by atoms with Crippen molar-refractivity contribution in [3.8, 4) is 5.88 Å². The molecule has 1 aliphatic heterocycles. The van der Waals surface area contributed by atoms with E-state index in [1.165, 1.54) is 42.1 Å². The van der Waals surface area contributed by atoms with Crippen molar-refractivity contribution < 1.29 is 30.6 Å². The number of nitrogens with one attached hydrogen (secondary N) is 1. The van der Waals surface area contributed by atoms with Crippen molar-refractivity contribution in [2.75, 3.05) is 4.72 Å². The summed E-state index contributed by atoms with van der Waals surface area (Å²) in [5.41, 5.74) is 2.12. The highest BCUT2D eigenvalue weighted by atomic mass is 35.5. The van der Waals surface area contributed by atoms with Gasteiger partial charge in [-0.25, -0.2) is 8.99 Å². The minimum atomic E-state index is -4.16. The summed E-state index contributed by atoms with van der Waals surface area (Å²) in [4.78, 5) is 25.0. The quantitative estimate of drug-likeness (QED) is 0.206. The Morgan fingerprint density at radius 2 is 1.64 bits per heavy atom. The second kappa shape index (κ2) is 12.6. The van der Waals surface area contributed by atoms with Crippen LogP contribution in [-0.2, 0) is 27.4 Å². The predicted octanol–water partition coefficient (Wildman–Crippen LogP) is 5.55. The zero-order valence-electron chi connectivity index (χ0n) is 24.2. The van der Waals surface area contributed by atoms with Crippen LogP contribution in [-0.4, -0.2) is 48.7 Å². The maximum absolute atomic E-state index is 13.0. The average molecular weight is 680 g/mol. The maximum atomic E-state index is 13.0. The number of benzene rings is 3. The van der Waals surface area contributed by atoms with Gasteiger partial charge in [-0.3, -0.25) is 14.3 Å². The molecule has 0 unspecified atom stereocenters. The summed E-state index contributed by atoms with van der Waals surface area (Å²) in [6, 6.07) is 16.8. The van der Waals surface area contributed by atoms with E-state index >= 15 is 0 Å². The van der Waals surface area contributed by atoms with Crippen LogP contribution in [0.1, 0.15) is 51.4 Å². The summed E-state index contributed by atoms with van der Waals surface area (Å²) in [6.45, 7) is 6.74. The molecular formula is C29H28Cl2N4O7S2. The highest BCUT2D eigenvalue weighted by molar-refractivity contribution is 7.91. The van der Waals surface area contributed by atoms with Gasteiger partial charge in [-0.15, -0.1) is 0 Å². The second-order valence-corrected chi connectivity index (χ2v) is 14.0. The number of nitrogens with zero attached hydrogens (tertiary/aromatic N) is 3. The van der Waals surface area contributed by atoms with Gasteiger partial charge in [-0.2, -0.15) is 21.9 Å². The fraction of sp³-hybridized carbons (Fsp3) is 0.207. The third-order valence-corrected chi connectivity index (χ3v) is 9.75. The molecule has 15 heteroatoms. The molecule has 44 heavy (non-hydrogen) atoms. The average Bonchev–Trinajstić information content (AvgIpc) is 3.19. The van der Waals surface area contributed by atoms with Gasteiger partial charge in [0.2, 0.25) is 11.7 Å². The van der Waals surface area contributed by atoms with Crippen molar-refractivity contribution in [2.45, 2.75) is 38.6 Å². The summed E-state index contributed by atoms with van der Waals surface area (Å²) < 4.78 is 58.7. The van der Waals surface area contributed by atoms with E-state index in [1.807, 2.05) is 6.92 Å². The first-order valence-corrected chi connectivity index (χ1v) is 16.6. The van der Waals surface area contributed by atoms with Gasteiger partial charge in [0.1, 0.15) is 10.5 Å². The Morgan fingerprint density at radius 1 is 1.00 bits per heavy atom. The number of fused-ring (bicyclic) bond motifs is 1. The molecule has 1 N–H and O–H groups in total. The fourth-order valence-electron chi connectivity index (χ4n) is 4.35. The van der Waals surface area contributed by atoms with Crippen LogP contribution in [0.2, 0.25) is 10.0 Å². The van der Waals surface area contributed by atoms with Crippen LogP contribution in [0.25, 0.3) is 0 Å². The first-order chi connectivity index (χ1) is 20.5. The van der Waals surface area contributed by atoms with Gasteiger partial charge in [0.25, 0.3) is 5.91 Å². The number of carbonyl (C=O) groups is 2. The molecule has 0 radical (unpaired) electrons. The molecule has 0 aliphatic carbocycles. The third-order valence-electron chi connectivity index (χ3n) is 6.40. The number of hydrogen-bond acceptors (Lipinski definition) is 8. The molecule has 0 atom stereocenters. The predicted molar refractivity (Wildman–Crippen MR) is 167 cm³/mol. The number of rotatable bonds is 6. The van der Waals surface area contributed by atoms with Gasteiger partial charge in [-0.05, 0) is 70.2 Å². The van der Waals surface area contributed by atoms with Gasteiger partial charge >= 0.3 is 20.3 Å². The van der Waals surface area contributed by atoms with Gasteiger partial charge < -0.3 is 4.18 Å². The molecule has 3 aromatic carbocycles. The second-order valence-electron chi connectivity index (χ2n) is 10.0. The number of para-hydroxylation sites is 1. The number of amides is 1. The van der Waals surface area contributed by atoms with Crippen molar-refractivity contribution in [3.05, 3.63) is 105 Å². The Kier molecular flexibility index (Phi) is 9.45. The van der Waals surface area contributed by atoms with Crippen LogP contribution in [0.3, 0.4) is 0 Å². The van der Waals surface area contributed by atoms with Crippen LogP contribution in [0.15, 0.2) is 71.6 Å². The number of ketones is 1. The van der Waals surface area contributed by atoms with Crippen molar-refractivity contribution in [3.63, 3.8) is 0 Å². The molecule has 11 nitrogen and oxygen atoms in total. The SMILES string of the molecule is CC(C)N1C(=O)c2ccccc2NS1(=O)=O.Cc1ccc(S(=O)(=O)Oc2c(C(=O)c3ccc(Cl)cc3Cl)c(C)nn2C)cc1. The molecule has 0 saturated heterocycles. The zero-order valence-corrected chi connectivity index (χ0v) is 27.3. The Labute approximate surface area is 265 Å². The first kappa shape index (κ1) is 33.0. The fourth-order valence-corrected chi connectivity index (χ4v) is 7.23. The first-order valence-electron chi connectivity index (χ1n) is 13.0. The highest BCUT2D eigenvalue weighted by Gasteiger charge is 2.37. The summed E-state index contributed by atoms with van der Waals surface area (Å²) in [5.74, 6) is -1.18. The lowest BCUT2D eigenvalue weighted by atomic mass is 10.0. The summed E-state index contributed by atoms with van der Waals surface area (Å²) >= 11 is 12.0. The topological polar surface area (TPSA) is 145 Å². The largest absolute Gasteiger partial charge is 0.358 e. The molecule has 0 fully saturated rings. The minimum Gasteiger partial charge on any atom is -0.358 e. The Bertz CT molecular complexity index is 1970. The summed E-state index contributed by atoms with van der Waals surface area (Å²) in [7, 11) is -6.42. The maximum Gasteiger partial charge on any atom is 0.340 e. The number of aryl methyl sites for hydroxylation is 3. The molecular weight excluding hydrogens is 651 g/mol. The number of hydrogen-bond donors (Lipinski definition) is 1. The summed E-state index contributed by atoms with van der Waals surface area (Å²) in [6.07, 6.45) is 0. The lowest BCUT2D eigenvalue weighted by molar-refractivity contribution is 0.0833. The molecule has 5 rings (SSSR count). The lowest BCUT2D eigenvalue weighted by Gasteiger charge is -2.31. The molecule has 0 spiro atoms. The van der Waals surface area contributed by atoms with E-state index in [1.54, 1.807) is 57.2 Å². The van der Waals surface area contributed by atoms with Gasteiger partial charge in [-0.1, -0.05) is 53.0 Å². The van der Waals surface area contributed by atoms with Crippen LogP contribution < -0.4 is 8.91 Å². The molecule has 1 amide bonds. The van der Waals surface area contributed by atoms with Crippen LogP contribution in [0, 0.1) is 13.8 Å². The normalized spacial score (nSPS) is 13.9. The van der Waals surface area contributed by atoms with E-state index in [-0.39, 0.29) is 26.9 Å². The van der Waals surface area contributed by atoms with Crippen molar-refractivity contribution in [2.24, 2.45) is 7.05 Å². The Morgan fingerprint density at radius 3 is 2.25 bits per heavy atom. The number of anilines is 1. The van der Waals surface area contributed by atoms with Crippen LogP contribution in [0.5, 0.6) is 5.88 Å². The molecule has 0 bridgehead atoms. The number of halogens is 2. The van der Waals surface area contributed by atoms with Crippen LogP contribution >= 0.6 is 23.2 Å². The van der Waals surface area contributed by atoms with E-state index in [0.29, 0.717) is 22.0 Å². The van der Waals surface area contributed by atoms with Crippen LogP contribution in [0.4, 0.5) is 5.69 Å². The van der Waals surface area contributed by atoms with E-state index in [9.17, 15) is 26.4 Å². The highest BCUT2D eigenvalue weighted by Crippen LogP contribution is 2.31. The van der Waals surface area contributed by atoms with Crippen molar-refractivity contribution >= 4 is 60.9 Å². The van der Waals surface area contributed by atoms with Crippen molar-refractivity contribution in [1.29, 1.82) is 0 Å². The monoisotopic (exact) mass is 678 g/mol. The number of aromatic nitrogens is 2. The van der Waals surface area contributed by atoms with E-state index in [4.69, 9.17) is 27.4 Å². The van der Waals surface area contributed by atoms with Gasteiger partial charge in [0, 0.05) is 23.7 Å². The zero-order chi connectivity index (χ0) is 32.6. The molecule has 1 aliphatic rings. The third kappa shape index (κ3) is 6.75. The van der Waals surface area contributed by atoms with Gasteiger partial charge in [0.05, 0.1) is 22.0 Å². The van der Waals surface area contributed by atoms with Gasteiger partial charge in [0.15, 0.2) is 0 Å². The minimum absolute atomic E-state index is 0.0161. The Balaban J connectivity index is 0.000000233. The standard InChI is InChI=1S/C19H16Cl2N2O4S.C10H12N2O3S/c1-11-4-7-14(8-5-11)28(25,26)27-19-17(12(2)22-23(19)3)18(24)15-9-6-13(20)10-16(15)21;1-7(2)12-10(13)8-5-3-4-6-9(8)11-16(12,14)15/h4-10H,1-3H3;3-7,11H,1-2H3. The van der Waals surface area contributed by atoms with E-state index < -0.39 is 38.1 Å². The summed E-state index contributed by atoms with van der Waals surface area (Å²) in [5, 5.41) is 4.66. The number of carbonyl (C=O) groups excluding carboxylic acids is 2. The Hall–Kier alpha value is -3.91. The molecule has 4 aromatic rings. The molecule has 232 valence electrons. The van der Waals surface area contributed by atoms with Crippen molar-refractivity contribution in [1.82, 2.24) is 14.1 Å². The molecule has 2 heterocycles. The smallest absolute Gasteiger partial charge is 0.340 e. The van der Waals surface area contributed by atoms with E-state index in [0.717, 1.165) is 9.87 Å². The lowest BCUT2D eigenvalue weighted by Crippen LogP contribution is -2.48. The van der Waals surface area contributed by atoms with E-state index in [2.05, 4.69) is 9.82 Å². The molecule has 0 saturated carbocycles.